The summed E-state index contributed by atoms with van der Waals surface area (Å²) in [4.78, 5) is 12.9. The van der Waals surface area contributed by atoms with Crippen LogP contribution in [-0.2, 0) is 4.74 Å². The van der Waals surface area contributed by atoms with Crippen molar-refractivity contribution in [3.8, 4) is 11.5 Å². The summed E-state index contributed by atoms with van der Waals surface area (Å²) >= 11 is 0. The lowest BCUT2D eigenvalue weighted by Crippen LogP contribution is -2.23. The topological polar surface area (TPSA) is 47.6 Å². The molecule has 0 aliphatic carbocycles. The number of carbonyl (C=O) groups excluding carboxylic acids is 1. The van der Waals surface area contributed by atoms with Gasteiger partial charge in [-0.25, -0.2) is 4.79 Å². The zero-order valence-corrected chi connectivity index (χ0v) is 20.0. The number of rotatable bonds is 6. The van der Waals surface area contributed by atoms with Gasteiger partial charge < -0.3 is 14.8 Å². The first-order chi connectivity index (χ1) is 16.0. The van der Waals surface area contributed by atoms with E-state index < -0.39 is 0 Å². The average Bonchev–Trinajstić information content (AvgIpc) is 2.80. The molecule has 0 spiro atoms. The van der Waals surface area contributed by atoms with Crippen LogP contribution in [0.5, 0.6) is 11.5 Å². The molecular weight excluding hydrogens is 410 g/mol. The largest absolute Gasteiger partial charge is 0.462 e. The number of nitrogens with one attached hydrogen (secondary N) is 1. The van der Waals surface area contributed by atoms with Gasteiger partial charge in [-0.3, -0.25) is 0 Å². The van der Waals surface area contributed by atoms with Crippen molar-refractivity contribution in [2.75, 3.05) is 18.5 Å². The molecule has 0 saturated carbocycles. The summed E-state index contributed by atoms with van der Waals surface area (Å²) in [6, 6.07) is 16.2. The van der Waals surface area contributed by atoms with Gasteiger partial charge in [0.05, 0.1) is 12.2 Å². The van der Waals surface area contributed by atoms with Gasteiger partial charge in [-0.1, -0.05) is 31.2 Å². The van der Waals surface area contributed by atoms with Crippen LogP contribution >= 0.6 is 0 Å². The lowest BCUT2D eigenvalue weighted by molar-refractivity contribution is 0.0526. The molecule has 4 rings (SSSR count). The second kappa shape index (κ2) is 9.53. The Morgan fingerprint density at radius 1 is 0.970 bits per heavy atom. The Hall–Kier alpha value is -3.53. The van der Waals surface area contributed by atoms with E-state index in [-0.39, 0.29) is 5.97 Å². The SMILES string of the molecule is CC/C=c1\cc2c(cc1C)=C(c1ccccc1C(=O)OCC)c1cc(C)c(NCC)cc1O2. The van der Waals surface area contributed by atoms with Gasteiger partial charge >= 0.3 is 5.97 Å². The van der Waals surface area contributed by atoms with Crippen molar-refractivity contribution in [1.29, 1.82) is 0 Å². The standard InChI is InChI=1S/C29H31NO3/c1-6-11-20-16-26-23(14-18(20)4)28(21-12-9-10-13-22(21)29(31)32-8-3)24-15-19(5)25(30-7-2)17-27(24)33-26/h9-17,30H,6-8H2,1-5H3/b20-11+. The van der Waals surface area contributed by atoms with Crippen molar-refractivity contribution in [1.82, 2.24) is 0 Å². The molecule has 0 saturated heterocycles. The van der Waals surface area contributed by atoms with Crippen LogP contribution < -0.4 is 20.5 Å². The first-order valence-corrected chi connectivity index (χ1v) is 11.7. The Morgan fingerprint density at radius 3 is 2.48 bits per heavy atom. The molecule has 33 heavy (non-hydrogen) atoms. The molecule has 1 N–H and O–H groups in total. The Balaban J connectivity index is 2.10. The van der Waals surface area contributed by atoms with Gasteiger partial charge in [-0.2, -0.15) is 0 Å². The minimum atomic E-state index is -0.316. The summed E-state index contributed by atoms with van der Waals surface area (Å²) < 4.78 is 11.9. The molecule has 0 bridgehead atoms. The molecule has 4 nitrogen and oxygen atoms in total. The van der Waals surface area contributed by atoms with Gasteiger partial charge in [0.25, 0.3) is 0 Å². The molecule has 170 valence electrons. The van der Waals surface area contributed by atoms with Gasteiger partial charge in [0.15, 0.2) is 0 Å². The van der Waals surface area contributed by atoms with Gasteiger partial charge in [-0.15, -0.1) is 0 Å². The molecule has 1 aliphatic heterocycles. The van der Waals surface area contributed by atoms with Crippen LogP contribution in [0.1, 0.15) is 59.8 Å². The highest BCUT2D eigenvalue weighted by Gasteiger charge is 2.25. The predicted octanol–water partition coefficient (Wildman–Crippen LogP) is 5.46. The minimum Gasteiger partial charge on any atom is -0.462 e. The van der Waals surface area contributed by atoms with E-state index in [4.69, 9.17) is 9.47 Å². The number of hydrogen-bond acceptors (Lipinski definition) is 4. The second-order valence-electron chi connectivity index (χ2n) is 8.25. The Labute approximate surface area is 195 Å². The lowest BCUT2D eigenvalue weighted by Gasteiger charge is -2.24. The fourth-order valence-electron chi connectivity index (χ4n) is 4.41. The van der Waals surface area contributed by atoms with E-state index >= 15 is 0 Å². The molecule has 0 aromatic heterocycles. The van der Waals surface area contributed by atoms with Crippen molar-refractivity contribution in [2.24, 2.45) is 0 Å². The number of benzene rings is 3. The predicted molar refractivity (Wildman–Crippen MR) is 135 cm³/mol. The third kappa shape index (κ3) is 4.25. The molecule has 0 atom stereocenters. The van der Waals surface area contributed by atoms with Crippen LogP contribution in [0.25, 0.3) is 11.6 Å². The molecule has 0 unspecified atom stereocenters. The zero-order valence-electron chi connectivity index (χ0n) is 20.0. The number of aryl methyl sites for hydroxylation is 2. The van der Waals surface area contributed by atoms with Gasteiger partial charge in [0.1, 0.15) is 11.5 Å². The van der Waals surface area contributed by atoms with Crippen LogP contribution in [0.2, 0.25) is 0 Å². The molecular formula is C29H31NO3. The highest BCUT2D eigenvalue weighted by Crippen LogP contribution is 2.40. The highest BCUT2D eigenvalue weighted by molar-refractivity contribution is 5.99. The molecule has 1 heterocycles. The maximum Gasteiger partial charge on any atom is 0.338 e. The second-order valence-corrected chi connectivity index (χ2v) is 8.25. The Kier molecular flexibility index (Phi) is 6.55. The quantitative estimate of drug-likeness (QED) is 0.404. The maximum atomic E-state index is 12.9. The van der Waals surface area contributed by atoms with Crippen molar-refractivity contribution in [2.45, 2.75) is 41.0 Å². The molecule has 0 amide bonds. The molecule has 0 fully saturated rings. The summed E-state index contributed by atoms with van der Waals surface area (Å²) in [6.07, 6.45) is 3.15. The van der Waals surface area contributed by atoms with Gasteiger partial charge in [0.2, 0.25) is 0 Å². The monoisotopic (exact) mass is 441 g/mol. The van der Waals surface area contributed by atoms with Gasteiger partial charge in [0, 0.05) is 34.7 Å². The van der Waals surface area contributed by atoms with Crippen LogP contribution in [0.3, 0.4) is 0 Å². The number of fused-ring (bicyclic) bond motifs is 2. The summed E-state index contributed by atoms with van der Waals surface area (Å²) in [7, 11) is 0. The first kappa shape index (κ1) is 22.7. The maximum absolute atomic E-state index is 12.9. The average molecular weight is 442 g/mol. The molecule has 3 aromatic carbocycles. The van der Waals surface area contributed by atoms with Crippen molar-refractivity contribution < 1.29 is 14.3 Å². The molecule has 4 heteroatoms. The summed E-state index contributed by atoms with van der Waals surface area (Å²) in [5, 5.41) is 5.57. The normalized spacial score (nSPS) is 12.6. The van der Waals surface area contributed by atoms with E-state index in [1.54, 1.807) is 0 Å². The highest BCUT2D eigenvalue weighted by atomic mass is 16.5. The Morgan fingerprint density at radius 2 is 1.76 bits per heavy atom. The Bertz CT molecular complexity index is 1340. The third-order valence-electron chi connectivity index (χ3n) is 5.94. The number of ether oxygens (including phenoxy) is 2. The van der Waals surface area contributed by atoms with E-state index in [2.05, 4.69) is 63.4 Å². The molecule has 0 radical (unpaired) electrons. The van der Waals surface area contributed by atoms with E-state index in [0.29, 0.717) is 12.2 Å². The van der Waals surface area contributed by atoms with Gasteiger partial charge in [-0.05, 0) is 80.3 Å². The molecule has 3 aromatic rings. The van der Waals surface area contributed by atoms with E-state index in [9.17, 15) is 4.79 Å². The van der Waals surface area contributed by atoms with E-state index in [1.165, 1.54) is 5.56 Å². The summed E-state index contributed by atoms with van der Waals surface area (Å²) in [6.45, 7) is 11.4. The number of anilines is 1. The fraction of sp³-hybridized carbons (Fsp3) is 0.276. The smallest absolute Gasteiger partial charge is 0.338 e. The van der Waals surface area contributed by atoms with E-state index in [0.717, 1.165) is 62.9 Å². The first-order valence-electron chi connectivity index (χ1n) is 11.7. The van der Waals surface area contributed by atoms with Crippen molar-refractivity contribution >= 4 is 23.3 Å². The van der Waals surface area contributed by atoms with E-state index in [1.807, 2.05) is 31.2 Å². The molecule has 1 aliphatic rings. The number of carbonyl (C=O) groups is 1. The van der Waals surface area contributed by atoms with Crippen LogP contribution in [0.4, 0.5) is 5.69 Å². The van der Waals surface area contributed by atoms with Crippen molar-refractivity contribution in [3.05, 3.63) is 86.8 Å². The summed E-state index contributed by atoms with van der Waals surface area (Å²) in [5.41, 5.74) is 6.73. The zero-order chi connectivity index (χ0) is 23.5. The van der Waals surface area contributed by atoms with Crippen LogP contribution in [0, 0.1) is 13.8 Å². The number of hydrogen-bond donors (Lipinski definition) is 1. The number of esters is 1. The van der Waals surface area contributed by atoms with Crippen molar-refractivity contribution in [3.63, 3.8) is 0 Å². The van der Waals surface area contributed by atoms with Crippen LogP contribution in [-0.4, -0.2) is 19.1 Å². The lowest BCUT2D eigenvalue weighted by atomic mass is 9.88. The minimum absolute atomic E-state index is 0.316. The van der Waals surface area contributed by atoms with Crippen LogP contribution in [0.15, 0.2) is 48.5 Å². The fourth-order valence-corrected chi connectivity index (χ4v) is 4.41. The third-order valence-corrected chi connectivity index (χ3v) is 5.94. The summed E-state index contributed by atoms with van der Waals surface area (Å²) in [5.74, 6) is 1.26.